The Morgan fingerprint density at radius 1 is 1.06 bits per heavy atom. The van der Waals surface area contributed by atoms with Gasteiger partial charge < -0.3 is 14.8 Å². The number of carbonyl (C=O) groups is 1. The Labute approximate surface area is 193 Å². The van der Waals surface area contributed by atoms with Gasteiger partial charge in [0.2, 0.25) is 0 Å². The van der Waals surface area contributed by atoms with Crippen LogP contribution in [-0.4, -0.2) is 29.3 Å². The van der Waals surface area contributed by atoms with E-state index >= 15 is 0 Å². The van der Waals surface area contributed by atoms with Crippen molar-refractivity contribution in [2.45, 2.75) is 50.9 Å². The number of aromatic nitrogens is 1. The highest BCUT2D eigenvalue weighted by Crippen LogP contribution is 2.50. The Morgan fingerprint density at radius 3 is 2.47 bits per heavy atom. The fraction of sp³-hybridized carbons (Fsp3) is 0.370. The third-order valence-electron chi connectivity index (χ3n) is 7.24. The fourth-order valence-electron chi connectivity index (χ4n) is 5.72. The van der Waals surface area contributed by atoms with E-state index in [9.17, 15) is 9.90 Å². The first-order chi connectivity index (χ1) is 15.5. The third kappa shape index (κ3) is 3.46. The summed E-state index contributed by atoms with van der Waals surface area (Å²) in [6.45, 7) is 3.51. The SMILES string of the molecule is Cc1cccc(Cl)c1C1(c2[nH]c3c(c2-c2ccc(C(=O)O)cc2)CCCC3)CCOCC1. The Hall–Kier alpha value is -2.56. The van der Waals surface area contributed by atoms with E-state index in [2.05, 4.69) is 18.0 Å². The van der Waals surface area contributed by atoms with E-state index < -0.39 is 5.97 Å². The summed E-state index contributed by atoms with van der Waals surface area (Å²) in [5, 5.41) is 10.2. The minimum absolute atomic E-state index is 0.265. The number of aromatic amines is 1. The molecule has 166 valence electrons. The van der Waals surface area contributed by atoms with E-state index in [1.807, 2.05) is 24.3 Å². The Kier molecular flexibility index (Phi) is 5.60. The van der Waals surface area contributed by atoms with Crippen LogP contribution >= 0.6 is 11.6 Å². The van der Waals surface area contributed by atoms with Gasteiger partial charge in [0.1, 0.15) is 0 Å². The maximum absolute atomic E-state index is 11.4. The van der Waals surface area contributed by atoms with Crippen LogP contribution in [0.2, 0.25) is 5.02 Å². The zero-order chi connectivity index (χ0) is 22.3. The molecule has 1 aliphatic heterocycles. The Morgan fingerprint density at radius 2 is 1.78 bits per heavy atom. The first-order valence-corrected chi connectivity index (χ1v) is 11.8. The molecule has 1 aliphatic carbocycles. The van der Waals surface area contributed by atoms with Crippen molar-refractivity contribution >= 4 is 17.6 Å². The van der Waals surface area contributed by atoms with Crippen LogP contribution < -0.4 is 0 Å². The van der Waals surface area contributed by atoms with Gasteiger partial charge in [0, 0.05) is 40.6 Å². The number of carboxylic acids is 1. The number of benzene rings is 2. The van der Waals surface area contributed by atoms with Crippen molar-refractivity contribution in [1.29, 1.82) is 0 Å². The molecule has 1 saturated heterocycles. The highest BCUT2D eigenvalue weighted by atomic mass is 35.5. The summed E-state index contributed by atoms with van der Waals surface area (Å²) in [5.41, 5.74) is 8.64. The average Bonchev–Trinajstić information content (AvgIpc) is 3.20. The summed E-state index contributed by atoms with van der Waals surface area (Å²) >= 11 is 6.86. The summed E-state index contributed by atoms with van der Waals surface area (Å²) < 4.78 is 5.81. The minimum atomic E-state index is -0.902. The number of hydrogen-bond donors (Lipinski definition) is 2. The van der Waals surface area contributed by atoms with Crippen LogP contribution in [0.15, 0.2) is 42.5 Å². The van der Waals surface area contributed by atoms with Crippen molar-refractivity contribution in [2.24, 2.45) is 0 Å². The predicted octanol–water partition coefficient (Wildman–Crippen LogP) is 6.32. The van der Waals surface area contributed by atoms with Gasteiger partial charge in [0.15, 0.2) is 0 Å². The van der Waals surface area contributed by atoms with Gasteiger partial charge in [0.05, 0.1) is 5.56 Å². The molecule has 2 heterocycles. The second-order valence-corrected chi connectivity index (χ2v) is 9.46. The highest BCUT2D eigenvalue weighted by molar-refractivity contribution is 6.31. The second kappa shape index (κ2) is 8.42. The molecule has 32 heavy (non-hydrogen) atoms. The lowest BCUT2D eigenvalue weighted by molar-refractivity contribution is 0.0619. The average molecular weight is 450 g/mol. The number of fused-ring (bicyclic) bond motifs is 1. The topological polar surface area (TPSA) is 62.3 Å². The number of ether oxygens (including phenoxy) is 1. The van der Waals surface area contributed by atoms with Crippen molar-refractivity contribution < 1.29 is 14.6 Å². The zero-order valence-corrected chi connectivity index (χ0v) is 19.1. The first kappa shape index (κ1) is 21.3. The number of aromatic carboxylic acids is 1. The van der Waals surface area contributed by atoms with Crippen LogP contribution in [0.25, 0.3) is 11.1 Å². The fourth-order valence-corrected chi connectivity index (χ4v) is 6.13. The monoisotopic (exact) mass is 449 g/mol. The molecular formula is C27H28ClNO3. The standard InChI is InChI=1S/C27H28ClNO3/c1-17-5-4-7-21(28)24(17)27(13-15-32-16-14-27)25-23(20-6-2-3-8-22(20)29-25)18-9-11-19(12-10-18)26(30)31/h4-5,7,9-12,29H,2-3,6,8,13-16H2,1H3,(H,30,31). The number of halogens is 1. The summed E-state index contributed by atoms with van der Waals surface area (Å²) in [5.74, 6) is -0.902. The normalized spacial score (nSPS) is 17.7. The van der Waals surface area contributed by atoms with Crippen molar-refractivity contribution in [3.8, 4) is 11.1 Å². The molecule has 0 bridgehead atoms. The van der Waals surface area contributed by atoms with Gasteiger partial charge in [-0.05, 0) is 85.9 Å². The summed E-state index contributed by atoms with van der Waals surface area (Å²) in [4.78, 5) is 15.3. The molecule has 2 aliphatic rings. The summed E-state index contributed by atoms with van der Waals surface area (Å²) in [7, 11) is 0. The van der Waals surface area contributed by atoms with Crippen LogP contribution in [-0.2, 0) is 23.0 Å². The number of hydrogen-bond acceptors (Lipinski definition) is 2. The van der Waals surface area contributed by atoms with Crippen LogP contribution in [0.4, 0.5) is 0 Å². The van der Waals surface area contributed by atoms with Crippen molar-refractivity contribution in [2.75, 3.05) is 13.2 Å². The number of carboxylic acid groups (broad SMARTS) is 1. The Balaban J connectivity index is 1.77. The molecule has 5 heteroatoms. The van der Waals surface area contributed by atoms with Crippen LogP contribution in [0.5, 0.6) is 0 Å². The molecule has 0 spiro atoms. The number of rotatable bonds is 4. The molecule has 3 aromatic rings. The van der Waals surface area contributed by atoms with E-state index in [1.165, 1.54) is 46.5 Å². The first-order valence-electron chi connectivity index (χ1n) is 11.4. The number of nitrogens with one attached hydrogen (secondary N) is 1. The van der Waals surface area contributed by atoms with Gasteiger partial charge in [-0.25, -0.2) is 4.79 Å². The number of H-pyrrole nitrogens is 1. The van der Waals surface area contributed by atoms with Gasteiger partial charge >= 0.3 is 5.97 Å². The van der Waals surface area contributed by atoms with Crippen LogP contribution in [0.3, 0.4) is 0 Å². The molecule has 0 saturated carbocycles. The molecule has 5 rings (SSSR count). The number of aryl methyl sites for hydroxylation is 2. The van der Waals surface area contributed by atoms with Gasteiger partial charge in [-0.15, -0.1) is 0 Å². The third-order valence-corrected chi connectivity index (χ3v) is 7.56. The van der Waals surface area contributed by atoms with Gasteiger partial charge in [-0.1, -0.05) is 35.9 Å². The summed E-state index contributed by atoms with van der Waals surface area (Å²) in [6.07, 6.45) is 6.16. The second-order valence-electron chi connectivity index (χ2n) is 9.05. The lowest BCUT2D eigenvalue weighted by Gasteiger charge is -2.40. The van der Waals surface area contributed by atoms with Gasteiger partial charge in [-0.3, -0.25) is 0 Å². The predicted molar refractivity (Wildman–Crippen MR) is 127 cm³/mol. The summed E-state index contributed by atoms with van der Waals surface area (Å²) in [6, 6.07) is 13.5. The molecular weight excluding hydrogens is 422 g/mol. The van der Waals surface area contributed by atoms with Crippen molar-refractivity contribution in [3.63, 3.8) is 0 Å². The largest absolute Gasteiger partial charge is 0.478 e. The zero-order valence-electron chi connectivity index (χ0n) is 18.3. The lowest BCUT2D eigenvalue weighted by atomic mass is 9.68. The molecule has 0 amide bonds. The maximum atomic E-state index is 11.4. The quantitative estimate of drug-likeness (QED) is 0.490. The van der Waals surface area contributed by atoms with E-state index in [1.54, 1.807) is 12.1 Å². The van der Waals surface area contributed by atoms with Crippen molar-refractivity contribution in [1.82, 2.24) is 4.98 Å². The van der Waals surface area contributed by atoms with Gasteiger partial charge in [-0.2, -0.15) is 0 Å². The molecule has 0 atom stereocenters. The van der Waals surface area contributed by atoms with Crippen LogP contribution in [0.1, 0.15) is 64.1 Å². The molecule has 4 nitrogen and oxygen atoms in total. The molecule has 2 aromatic carbocycles. The van der Waals surface area contributed by atoms with Crippen LogP contribution in [0, 0.1) is 6.92 Å². The highest BCUT2D eigenvalue weighted by Gasteiger charge is 2.43. The van der Waals surface area contributed by atoms with Crippen molar-refractivity contribution in [3.05, 3.63) is 81.1 Å². The van der Waals surface area contributed by atoms with E-state index in [-0.39, 0.29) is 5.41 Å². The smallest absolute Gasteiger partial charge is 0.335 e. The van der Waals surface area contributed by atoms with E-state index in [4.69, 9.17) is 16.3 Å². The lowest BCUT2D eigenvalue weighted by Crippen LogP contribution is -2.37. The molecule has 0 unspecified atom stereocenters. The molecule has 1 fully saturated rings. The van der Waals surface area contributed by atoms with Gasteiger partial charge in [0.25, 0.3) is 0 Å². The molecule has 1 aromatic heterocycles. The van der Waals surface area contributed by atoms with E-state index in [0.717, 1.165) is 36.3 Å². The maximum Gasteiger partial charge on any atom is 0.335 e. The minimum Gasteiger partial charge on any atom is -0.478 e. The molecule has 0 radical (unpaired) electrons. The van der Waals surface area contributed by atoms with E-state index in [0.29, 0.717) is 18.8 Å². The molecule has 2 N–H and O–H groups in total. The Bertz CT molecular complexity index is 1140.